The van der Waals surface area contributed by atoms with E-state index in [9.17, 15) is 9.59 Å². The Morgan fingerprint density at radius 2 is 1.67 bits per heavy atom. The maximum atomic E-state index is 13.6. The number of piperazine rings is 1. The molecule has 2 heterocycles. The number of carbonyl (C=O) groups excluding carboxylic acids is 2. The number of halogens is 2. The van der Waals surface area contributed by atoms with Crippen LogP contribution in [0.3, 0.4) is 0 Å². The number of nitrogens with one attached hydrogen (secondary N) is 1. The standard InChI is InChI=1S/C24H24ClN3O3S.ClH/c25-17-22(29)28(18-8-10-20(11-9-18)31-19-5-2-1-3-6-19)23(21-7-4-16-32-21)24(30)27-14-12-26-13-15-27;/h1-11,16,23,26H,12-15,17H2;1H. The summed E-state index contributed by atoms with van der Waals surface area (Å²) in [6.45, 7) is 2.68. The minimum absolute atomic E-state index is 0. The number of para-hydroxylation sites is 1. The van der Waals surface area contributed by atoms with E-state index in [-0.39, 0.29) is 30.1 Å². The van der Waals surface area contributed by atoms with Gasteiger partial charge in [-0.05, 0) is 47.8 Å². The van der Waals surface area contributed by atoms with Crippen LogP contribution >= 0.6 is 35.3 Å². The zero-order valence-corrected chi connectivity index (χ0v) is 20.2. The lowest BCUT2D eigenvalue weighted by Crippen LogP contribution is -2.52. The summed E-state index contributed by atoms with van der Waals surface area (Å²) in [6.07, 6.45) is 0. The molecule has 0 saturated carbocycles. The van der Waals surface area contributed by atoms with Crippen LogP contribution in [0.15, 0.2) is 72.1 Å². The zero-order valence-electron chi connectivity index (χ0n) is 17.9. The molecule has 1 unspecified atom stereocenters. The van der Waals surface area contributed by atoms with Crippen molar-refractivity contribution >= 4 is 52.8 Å². The van der Waals surface area contributed by atoms with Gasteiger partial charge in [-0.15, -0.1) is 35.3 Å². The van der Waals surface area contributed by atoms with E-state index >= 15 is 0 Å². The average Bonchev–Trinajstić information content (AvgIpc) is 3.38. The Hall–Kier alpha value is -2.58. The lowest BCUT2D eigenvalue weighted by atomic mass is 10.1. The number of nitrogens with zero attached hydrogens (tertiary/aromatic N) is 2. The SMILES string of the molecule is Cl.O=C(C(c1cccs1)N(C(=O)CCl)c1ccc(Oc2ccccc2)cc1)N1CCNCC1. The van der Waals surface area contributed by atoms with Gasteiger partial charge in [0.05, 0.1) is 0 Å². The van der Waals surface area contributed by atoms with Crippen molar-refractivity contribution in [3.63, 3.8) is 0 Å². The Labute approximate surface area is 208 Å². The highest BCUT2D eigenvalue weighted by Crippen LogP contribution is 2.34. The molecule has 1 fully saturated rings. The molecule has 2 aromatic carbocycles. The number of anilines is 1. The van der Waals surface area contributed by atoms with Crippen LogP contribution in [-0.2, 0) is 9.59 Å². The predicted molar refractivity (Wildman–Crippen MR) is 135 cm³/mol. The number of ether oxygens (including phenoxy) is 1. The number of alkyl halides is 1. The van der Waals surface area contributed by atoms with Crippen molar-refractivity contribution in [1.29, 1.82) is 0 Å². The third kappa shape index (κ3) is 6.06. The molecule has 0 bridgehead atoms. The first kappa shape index (κ1) is 25.1. The lowest BCUT2D eigenvalue weighted by molar-refractivity contribution is -0.135. The van der Waals surface area contributed by atoms with Crippen LogP contribution in [0.25, 0.3) is 0 Å². The van der Waals surface area contributed by atoms with E-state index in [1.54, 1.807) is 24.3 Å². The molecule has 33 heavy (non-hydrogen) atoms. The van der Waals surface area contributed by atoms with E-state index in [1.165, 1.54) is 16.2 Å². The molecule has 1 aliphatic heterocycles. The van der Waals surface area contributed by atoms with Crippen LogP contribution in [0, 0.1) is 0 Å². The van der Waals surface area contributed by atoms with Gasteiger partial charge in [-0.2, -0.15) is 0 Å². The average molecular weight is 506 g/mol. The maximum Gasteiger partial charge on any atom is 0.251 e. The van der Waals surface area contributed by atoms with Gasteiger partial charge < -0.3 is 15.0 Å². The van der Waals surface area contributed by atoms with Crippen molar-refractivity contribution < 1.29 is 14.3 Å². The van der Waals surface area contributed by atoms with E-state index < -0.39 is 6.04 Å². The first-order valence-electron chi connectivity index (χ1n) is 10.4. The van der Waals surface area contributed by atoms with Crippen molar-refractivity contribution in [2.45, 2.75) is 6.04 Å². The lowest BCUT2D eigenvalue weighted by Gasteiger charge is -2.36. The first-order valence-corrected chi connectivity index (χ1v) is 11.8. The highest BCUT2D eigenvalue weighted by molar-refractivity contribution is 7.10. The quantitative estimate of drug-likeness (QED) is 0.472. The second-order valence-corrected chi connectivity index (χ2v) is 8.55. The Morgan fingerprint density at radius 3 is 2.27 bits per heavy atom. The van der Waals surface area contributed by atoms with Crippen LogP contribution < -0.4 is 15.0 Å². The summed E-state index contributed by atoms with van der Waals surface area (Å²) in [6, 6.07) is 19.6. The number of benzene rings is 2. The molecular formula is C24H25Cl2N3O3S. The minimum atomic E-state index is -0.764. The van der Waals surface area contributed by atoms with Crippen LogP contribution in [0.5, 0.6) is 11.5 Å². The summed E-state index contributed by atoms with van der Waals surface area (Å²) in [5.41, 5.74) is 0.595. The highest BCUT2D eigenvalue weighted by atomic mass is 35.5. The number of thiophene rings is 1. The van der Waals surface area contributed by atoms with Crippen molar-refractivity contribution in [1.82, 2.24) is 10.2 Å². The largest absolute Gasteiger partial charge is 0.457 e. The van der Waals surface area contributed by atoms with E-state index in [0.29, 0.717) is 24.5 Å². The van der Waals surface area contributed by atoms with Gasteiger partial charge in [-0.3, -0.25) is 14.5 Å². The van der Waals surface area contributed by atoms with Crippen molar-refractivity contribution in [2.75, 3.05) is 37.0 Å². The number of carbonyl (C=O) groups is 2. The van der Waals surface area contributed by atoms with Gasteiger partial charge in [0.25, 0.3) is 5.91 Å². The van der Waals surface area contributed by atoms with E-state index in [2.05, 4.69) is 5.32 Å². The van der Waals surface area contributed by atoms with Gasteiger partial charge in [0, 0.05) is 36.7 Å². The molecule has 2 amide bonds. The fourth-order valence-corrected chi connectivity index (χ4v) is 4.60. The molecule has 1 saturated heterocycles. The van der Waals surface area contributed by atoms with E-state index in [4.69, 9.17) is 16.3 Å². The molecule has 174 valence electrons. The Kier molecular flexibility index (Phi) is 9.14. The Bertz CT molecular complexity index is 1030. The second-order valence-electron chi connectivity index (χ2n) is 7.30. The molecule has 6 nitrogen and oxygen atoms in total. The number of rotatable bonds is 7. The molecule has 0 radical (unpaired) electrons. The van der Waals surface area contributed by atoms with Gasteiger partial charge in [-0.1, -0.05) is 24.3 Å². The molecule has 3 aromatic rings. The molecule has 1 aromatic heterocycles. The Morgan fingerprint density at radius 1 is 1.00 bits per heavy atom. The maximum absolute atomic E-state index is 13.6. The van der Waals surface area contributed by atoms with Crippen LogP contribution in [0.4, 0.5) is 5.69 Å². The van der Waals surface area contributed by atoms with Crippen LogP contribution in [-0.4, -0.2) is 48.8 Å². The smallest absolute Gasteiger partial charge is 0.251 e. The first-order chi connectivity index (χ1) is 15.7. The summed E-state index contributed by atoms with van der Waals surface area (Å²) in [4.78, 5) is 30.7. The molecule has 0 aliphatic carbocycles. The monoisotopic (exact) mass is 505 g/mol. The van der Waals surface area contributed by atoms with Crippen LogP contribution in [0.1, 0.15) is 10.9 Å². The number of hydrogen-bond acceptors (Lipinski definition) is 5. The van der Waals surface area contributed by atoms with E-state index in [0.717, 1.165) is 23.7 Å². The van der Waals surface area contributed by atoms with Gasteiger partial charge in [0.15, 0.2) is 0 Å². The summed E-state index contributed by atoms with van der Waals surface area (Å²) in [5, 5.41) is 5.17. The summed E-state index contributed by atoms with van der Waals surface area (Å²) in [5.74, 6) is 0.708. The van der Waals surface area contributed by atoms with Gasteiger partial charge >= 0.3 is 0 Å². The Balaban J connectivity index is 0.00000306. The molecule has 1 aliphatic rings. The fourth-order valence-electron chi connectivity index (χ4n) is 3.67. The normalized spacial score (nSPS) is 14.2. The van der Waals surface area contributed by atoms with E-state index in [1.807, 2.05) is 52.7 Å². The summed E-state index contributed by atoms with van der Waals surface area (Å²) >= 11 is 7.44. The molecule has 0 spiro atoms. The van der Waals surface area contributed by atoms with Crippen molar-refractivity contribution in [3.8, 4) is 11.5 Å². The van der Waals surface area contributed by atoms with Crippen molar-refractivity contribution in [2.24, 2.45) is 0 Å². The number of hydrogen-bond donors (Lipinski definition) is 1. The van der Waals surface area contributed by atoms with Crippen molar-refractivity contribution in [3.05, 3.63) is 77.0 Å². The summed E-state index contributed by atoms with van der Waals surface area (Å²) in [7, 11) is 0. The molecule has 9 heteroatoms. The van der Waals surface area contributed by atoms with Gasteiger partial charge in [0.1, 0.15) is 23.4 Å². The topological polar surface area (TPSA) is 61.9 Å². The van der Waals surface area contributed by atoms with Gasteiger partial charge in [-0.25, -0.2) is 0 Å². The fraction of sp³-hybridized carbons (Fsp3) is 0.250. The molecule has 1 atom stereocenters. The van der Waals surface area contributed by atoms with Crippen LogP contribution in [0.2, 0.25) is 0 Å². The van der Waals surface area contributed by atoms with Gasteiger partial charge in [0.2, 0.25) is 5.91 Å². The third-order valence-corrected chi connectivity index (χ3v) is 6.36. The zero-order chi connectivity index (χ0) is 22.3. The molecule has 4 rings (SSSR count). The second kappa shape index (κ2) is 12.0. The minimum Gasteiger partial charge on any atom is -0.457 e. The molecule has 1 N–H and O–H groups in total. The predicted octanol–water partition coefficient (Wildman–Crippen LogP) is 4.71. The number of amides is 2. The summed E-state index contributed by atoms with van der Waals surface area (Å²) < 4.78 is 5.87. The highest BCUT2D eigenvalue weighted by Gasteiger charge is 2.36. The molecular weight excluding hydrogens is 481 g/mol. The third-order valence-electron chi connectivity index (χ3n) is 5.21.